The van der Waals surface area contributed by atoms with Crippen LogP contribution in [0.3, 0.4) is 0 Å². The molecule has 0 unspecified atom stereocenters. The van der Waals surface area contributed by atoms with Gasteiger partial charge < -0.3 is 14.2 Å². The molecule has 2 aromatic carbocycles. The number of rotatable bonds is 11. The molecule has 2 aromatic rings. The Balaban J connectivity index is 1.31. The van der Waals surface area contributed by atoms with Crippen molar-refractivity contribution < 1.29 is 62.5 Å². The van der Waals surface area contributed by atoms with Gasteiger partial charge in [-0.2, -0.15) is 39.5 Å². The van der Waals surface area contributed by atoms with Crippen LogP contribution in [0.4, 0.5) is 48.3 Å². The molecule has 2 fully saturated rings. The second kappa shape index (κ2) is 13.5. The van der Waals surface area contributed by atoms with Gasteiger partial charge in [-0.25, -0.2) is 8.78 Å². The van der Waals surface area contributed by atoms with Crippen molar-refractivity contribution in [3.8, 4) is 11.5 Å². The molecule has 0 aliphatic heterocycles. The predicted octanol–water partition coefficient (Wildman–Crippen LogP) is 10.9. The average molecular weight is 663 g/mol. The van der Waals surface area contributed by atoms with Crippen LogP contribution in [-0.2, 0) is 17.0 Å². The van der Waals surface area contributed by atoms with Gasteiger partial charge in [0, 0.05) is 12.1 Å². The molecule has 0 spiro atoms. The molecule has 0 amide bonds. The van der Waals surface area contributed by atoms with Crippen LogP contribution >= 0.6 is 0 Å². The standard InChI is InChI=1S/C31H33F11O3/c1-2-3-18-4-6-19(7-5-18)29(37,38)45-23-13-15-25(27(33)17-23)31(41,42)43-21-10-8-20(9-11-21)30(39,40)44-22-12-14-24(26(32)16-22)28(34,35)36/h12-21H,2-11H2,1H3. The number of hydrogen-bond donors (Lipinski definition) is 0. The van der Waals surface area contributed by atoms with Crippen molar-refractivity contribution in [2.45, 2.75) is 102 Å². The third-order valence-electron chi connectivity index (χ3n) is 8.49. The summed E-state index contributed by atoms with van der Waals surface area (Å²) in [5.74, 6) is -7.15. The van der Waals surface area contributed by atoms with Crippen LogP contribution in [0.5, 0.6) is 11.5 Å². The molecular weight excluding hydrogens is 629 g/mol. The SMILES string of the molecule is CCCC1CCC(C(F)(F)Oc2ccc(C(F)(F)OC3CCC(C(F)(F)Oc4ccc(C(F)(F)F)c(F)c4)CC3)c(F)c2)CC1. The van der Waals surface area contributed by atoms with Crippen molar-refractivity contribution in [2.24, 2.45) is 17.8 Å². The number of hydrogen-bond acceptors (Lipinski definition) is 3. The highest BCUT2D eigenvalue weighted by Gasteiger charge is 2.48. The predicted molar refractivity (Wildman–Crippen MR) is 140 cm³/mol. The fourth-order valence-electron chi connectivity index (χ4n) is 6.05. The molecule has 2 aliphatic rings. The van der Waals surface area contributed by atoms with Gasteiger partial charge in [0.1, 0.15) is 23.1 Å². The Kier molecular flexibility index (Phi) is 10.5. The van der Waals surface area contributed by atoms with Crippen molar-refractivity contribution in [2.75, 3.05) is 0 Å². The highest BCUT2D eigenvalue weighted by atomic mass is 19.4. The van der Waals surface area contributed by atoms with Gasteiger partial charge in [0.05, 0.1) is 29.1 Å². The molecule has 252 valence electrons. The molecule has 0 heterocycles. The van der Waals surface area contributed by atoms with Gasteiger partial charge in [-0.3, -0.25) is 0 Å². The lowest BCUT2D eigenvalue weighted by Crippen LogP contribution is -2.39. The van der Waals surface area contributed by atoms with E-state index in [1.165, 1.54) is 0 Å². The quantitative estimate of drug-likeness (QED) is 0.224. The smallest absolute Gasteiger partial charge is 0.419 e. The van der Waals surface area contributed by atoms with Gasteiger partial charge in [0.15, 0.2) is 0 Å². The average Bonchev–Trinajstić information content (AvgIpc) is 2.92. The maximum Gasteiger partial charge on any atom is 0.419 e. The summed E-state index contributed by atoms with van der Waals surface area (Å²) in [5.41, 5.74) is -2.91. The summed E-state index contributed by atoms with van der Waals surface area (Å²) >= 11 is 0. The minimum atomic E-state index is -5.04. The Morgan fingerprint density at radius 1 is 0.622 bits per heavy atom. The van der Waals surface area contributed by atoms with Crippen LogP contribution in [0.1, 0.15) is 82.3 Å². The second-order valence-electron chi connectivity index (χ2n) is 11.7. The molecule has 4 rings (SSSR count). The van der Waals surface area contributed by atoms with Crippen LogP contribution in [0.15, 0.2) is 36.4 Å². The normalized spacial score (nSPS) is 23.6. The number of halogens is 11. The summed E-state index contributed by atoms with van der Waals surface area (Å²) < 4.78 is 169. The van der Waals surface area contributed by atoms with Crippen molar-refractivity contribution in [3.63, 3.8) is 0 Å². The first kappa shape index (κ1) is 35.1. The molecule has 0 bridgehead atoms. The molecule has 0 radical (unpaired) electrons. The zero-order valence-electron chi connectivity index (χ0n) is 24.2. The first-order valence-corrected chi connectivity index (χ1v) is 14.8. The first-order valence-electron chi connectivity index (χ1n) is 14.8. The number of ether oxygens (including phenoxy) is 3. The van der Waals surface area contributed by atoms with Gasteiger partial charge in [-0.05, 0) is 81.5 Å². The molecule has 0 aromatic heterocycles. The van der Waals surface area contributed by atoms with E-state index in [4.69, 9.17) is 9.47 Å². The Labute approximate surface area is 253 Å². The van der Waals surface area contributed by atoms with E-state index in [1.54, 1.807) is 0 Å². The van der Waals surface area contributed by atoms with Crippen molar-refractivity contribution in [3.05, 3.63) is 59.2 Å². The van der Waals surface area contributed by atoms with Crippen LogP contribution in [0.25, 0.3) is 0 Å². The fourth-order valence-corrected chi connectivity index (χ4v) is 6.05. The van der Waals surface area contributed by atoms with E-state index in [0.717, 1.165) is 18.9 Å². The van der Waals surface area contributed by atoms with Gasteiger partial charge in [-0.15, -0.1) is 0 Å². The van der Waals surface area contributed by atoms with Crippen molar-refractivity contribution in [1.82, 2.24) is 0 Å². The molecule has 2 saturated carbocycles. The lowest BCUT2D eigenvalue weighted by molar-refractivity contribution is -0.286. The van der Waals surface area contributed by atoms with Crippen LogP contribution in [-0.4, -0.2) is 18.3 Å². The zero-order valence-corrected chi connectivity index (χ0v) is 24.2. The number of alkyl halides is 9. The van der Waals surface area contributed by atoms with Gasteiger partial charge in [0.25, 0.3) is 0 Å². The summed E-state index contributed by atoms with van der Waals surface area (Å²) in [6.45, 7) is 2.02. The molecule has 0 saturated heterocycles. The van der Waals surface area contributed by atoms with Crippen LogP contribution < -0.4 is 9.47 Å². The minimum absolute atomic E-state index is 0.177. The van der Waals surface area contributed by atoms with E-state index in [1.807, 2.05) is 6.92 Å². The highest BCUT2D eigenvalue weighted by Crippen LogP contribution is 2.44. The van der Waals surface area contributed by atoms with Gasteiger partial charge >= 0.3 is 24.5 Å². The molecule has 0 atom stereocenters. The van der Waals surface area contributed by atoms with E-state index in [2.05, 4.69) is 4.74 Å². The molecule has 2 aliphatic carbocycles. The third-order valence-corrected chi connectivity index (χ3v) is 8.49. The topological polar surface area (TPSA) is 27.7 Å². The molecule has 45 heavy (non-hydrogen) atoms. The lowest BCUT2D eigenvalue weighted by Gasteiger charge is -2.34. The lowest BCUT2D eigenvalue weighted by atomic mass is 9.79. The van der Waals surface area contributed by atoms with Gasteiger partial charge in [-0.1, -0.05) is 19.8 Å². The summed E-state index contributed by atoms with van der Waals surface area (Å²) in [5, 5.41) is 0. The van der Waals surface area contributed by atoms with Crippen LogP contribution in [0, 0.1) is 29.4 Å². The summed E-state index contributed by atoms with van der Waals surface area (Å²) in [6.07, 6.45) is -16.1. The second-order valence-corrected chi connectivity index (χ2v) is 11.7. The monoisotopic (exact) mass is 662 g/mol. The van der Waals surface area contributed by atoms with Crippen molar-refractivity contribution >= 4 is 0 Å². The van der Waals surface area contributed by atoms with E-state index in [-0.39, 0.29) is 37.8 Å². The van der Waals surface area contributed by atoms with Crippen molar-refractivity contribution in [1.29, 1.82) is 0 Å². The van der Waals surface area contributed by atoms with E-state index >= 15 is 0 Å². The molecule has 0 N–H and O–H groups in total. The molecule has 14 heteroatoms. The van der Waals surface area contributed by atoms with Gasteiger partial charge in [0.2, 0.25) is 0 Å². The molecular formula is C31H33F11O3. The minimum Gasteiger partial charge on any atom is -0.432 e. The largest absolute Gasteiger partial charge is 0.432 e. The zero-order chi connectivity index (χ0) is 33.2. The Bertz CT molecular complexity index is 1280. The summed E-state index contributed by atoms with van der Waals surface area (Å²) in [6, 6.07) is 2.75. The van der Waals surface area contributed by atoms with E-state index in [9.17, 15) is 48.3 Å². The summed E-state index contributed by atoms with van der Waals surface area (Å²) in [7, 11) is 0. The Morgan fingerprint density at radius 2 is 1.07 bits per heavy atom. The summed E-state index contributed by atoms with van der Waals surface area (Å²) in [4.78, 5) is 0. The van der Waals surface area contributed by atoms with E-state index < -0.39 is 89.5 Å². The number of benzene rings is 2. The van der Waals surface area contributed by atoms with Crippen LogP contribution in [0.2, 0.25) is 0 Å². The Morgan fingerprint density at radius 3 is 1.49 bits per heavy atom. The third kappa shape index (κ3) is 8.74. The maximum absolute atomic E-state index is 14.9. The highest BCUT2D eigenvalue weighted by molar-refractivity contribution is 5.32. The molecule has 3 nitrogen and oxygen atoms in total. The Hall–Kier alpha value is -2.77. The fraction of sp³-hybridized carbons (Fsp3) is 0.613. The maximum atomic E-state index is 14.9. The first-order chi connectivity index (χ1) is 20.9. The van der Waals surface area contributed by atoms with E-state index in [0.29, 0.717) is 37.0 Å².